The molecule has 4 heteroatoms. The van der Waals surface area contributed by atoms with Gasteiger partial charge in [0.15, 0.2) is 0 Å². The minimum atomic E-state index is -0.330. The number of hydrogen-bond donors (Lipinski definition) is 2. The summed E-state index contributed by atoms with van der Waals surface area (Å²) in [5.41, 5.74) is 1.75. The summed E-state index contributed by atoms with van der Waals surface area (Å²) in [6.07, 6.45) is 0.615. The lowest BCUT2D eigenvalue weighted by molar-refractivity contribution is 0.102. The van der Waals surface area contributed by atoms with Gasteiger partial charge in [-0.25, -0.2) is 4.98 Å². The molecule has 1 aromatic heterocycles. The number of anilines is 1. The van der Waals surface area contributed by atoms with Crippen molar-refractivity contribution in [2.75, 3.05) is 18.0 Å². The number of para-hydroxylation sites is 1. The number of β-amino-alcohol motifs (C(OH)–C–C–N with tert-alkyl or cyclic N) is 1. The maximum Gasteiger partial charge on any atom is 0.134 e. The molecule has 4 nitrogen and oxygen atoms in total. The summed E-state index contributed by atoms with van der Waals surface area (Å²) in [5, 5.41) is 20.7. The van der Waals surface area contributed by atoms with Gasteiger partial charge in [0.1, 0.15) is 5.82 Å². The second kappa shape index (κ2) is 5.38. The van der Waals surface area contributed by atoms with E-state index in [1.807, 2.05) is 30.3 Å². The Morgan fingerprint density at radius 1 is 1.35 bits per heavy atom. The van der Waals surface area contributed by atoms with E-state index in [0.29, 0.717) is 12.5 Å². The van der Waals surface area contributed by atoms with Crippen molar-refractivity contribution in [2.24, 2.45) is 5.92 Å². The molecule has 1 aliphatic rings. The number of fused-ring (bicyclic) bond motifs is 1. The Labute approximate surface area is 118 Å². The normalized spacial score (nSPS) is 23.2. The van der Waals surface area contributed by atoms with E-state index >= 15 is 0 Å². The first-order chi connectivity index (χ1) is 9.69. The van der Waals surface area contributed by atoms with Crippen LogP contribution in [0.4, 0.5) is 5.82 Å². The highest BCUT2D eigenvalue weighted by molar-refractivity contribution is 5.81. The molecule has 0 aliphatic carbocycles. The smallest absolute Gasteiger partial charge is 0.134 e. The van der Waals surface area contributed by atoms with Gasteiger partial charge in [-0.05, 0) is 24.5 Å². The summed E-state index contributed by atoms with van der Waals surface area (Å²) < 4.78 is 0. The van der Waals surface area contributed by atoms with Gasteiger partial charge in [-0.3, -0.25) is 0 Å². The SMILES string of the molecule is CC1CCN(c2nc3ccccc3cc2CO)CC1O. The van der Waals surface area contributed by atoms with Gasteiger partial charge in [0, 0.05) is 24.0 Å². The van der Waals surface area contributed by atoms with Crippen LogP contribution >= 0.6 is 0 Å². The van der Waals surface area contributed by atoms with E-state index in [4.69, 9.17) is 0 Å². The highest BCUT2D eigenvalue weighted by atomic mass is 16.3. The molecule has 1 aromatic carbocycles. The minimum absolute atomic E-state index is 0.0324. The molecule has 2 atom stereocenters. The highest BCUT2D eigenvalue weighted by Gasteiger charge is 2.26. The first-order valence-electron chi connectivity index (χ1n) is 7.11. The second-order valence-corrected chi connectivity index (χ2v) is 5.60. The van der Waals surface area contributed by atoms with Gasteiger partial charge < -0.3 is 15.1 Å². The van der Waals surface area contributed by atoms with Gasteiger partial charge >= 0.3 is 0 Å². The van der Waals surface area contributed by atoms with Crippen molar-refractivity contribution in [2.45, 2.75) is 26.1 Å². The zero-order valence-electron chi connectivity index (χ0n) is 11.7. The summed E-state index contributed by atoms with van der Waals surface area (Å²) in [6, 6.07) is 9.89. The third kappa shape index (κ3) is 2.37. The van der Waals surface area contributed by atoms with Crippen molar-refractivity contribution in [3.8, 4) is 0 Å². The molecule has 2 heterocycles. The molecule has 2 N–H and O–H groups in total. The number of piperidine rings is 1. The van der Waals surface area contributed by atoms with Crippen molar-refractivity contribution in [1.29, 1.82) is 0 Å². The fraction of sp³-hybridized carbons (Fsp3) is 0.438. The monoisotopic (exact) mass is 272 g/mol. The maximum absolute atomic E-state index is 10.1. The largest absolute Gasteiger partial charge is 0.392 e. The molecule has 20 heavy (non-hydrogen) atoms. The van der Waals surface area contributed by atoms with Crippen molar-refractivity contribution < 1.29 is 10.2 Å². The van der Waals surface area contributed by atoms with Crippen LogP contribution in [0.5, 0.6) is 0 Å². The molecular formula is C16H20N2O2. The Kier molecular flexibility index (Phi) is 3.59. The predicted molar refractivity (Wildman–Crippen MR) is 79.7 cm³/mol. The van der Waals surface area contributed by atoms with E-state index < -0.39 is 0 Å². The standard InChI is InChI=1S/C16H20N2O2/c1-11-6-7-18(9-15(11)20)16-13(10-19)8-12-4-2-3-5-14(12)17-16/h2-5,8,11,15,19-20H,6-7,9-10H2,1H3. The van der Waals surface area contributed by atoms with Crippen molar-refractivity contribution in [3.05, 3.63) is 35.9 Å². The molecule has 0 bridgehead atoms. The molecule has 1 fully saturated rings. The number of aliphatic hydroxyl groups excluding tert-OH is 2. The third-order valence-corrected chi connectivity index (χ3v) is 4.17. The number of rotatable bonds is 2. The van der Waals surface area contributed by atoms with E-state index in [-0.39, 0.29) is 12.7 Å². The number of pyridine rings is 1. The topological polar surface area (TPSA) is 56.6 Å². The lowest BCUT2D eigenvalue weighted by atomic mass is 9.95. The van der Waals surface area contributed by atoms with Crippen LogP contribution in [-0.2, 0) is 6.61 Å². The Morgan fingerprint density at radius 3 is 2.90 bits per heavy atom. The number of aromatic nitrogens is 1. The van der Waals surface area contributed by atoms with E-state index in [1.54, 1.807) is 0 Å². The molecule has 0 radical (unpaired) electrons. The third-order valence-electron chi connectivity index (χ3n) is 4.17. The predicted octanol–water partition coefficient (Wildman–Crippen LogP) is 1.93. The lowest BCUT2D eigenvalue weighted by Crippen LogP contribution is -2.43. The van der Waals surface area contributed by atoms with Gasteiger partial charge in [0.05, 0.1) is 18.2 Å². The van der Waals surface area contributed by atoms with Gasteiger partial charge in [-0.15, -0.1) is 0 Å². The van der Waals surface area contributed by atoms with Gasteiger partial charge in [-0.2, -0.15) is 0 Å². The highest BCUT2D eigenvalue weighted by Crippen LogP contribution is 2.27. The Hall–Kier alpha value is -1.65. The summed E-state index contributed by atoms with van der Waals surface area (Å²) in [5.74, 6) is 1.13. The molecular weight excluding hydrogens is 252 g/mol. The number of aliphatic hydroxyl groups is 2. The summed E-state index contributed by atoms with van der Waals surface area (Å²) >= 11 is 0. The molecule has 0 amide bonds. The molecule has 3 rings (SSSR count). The van der Waals surface area contributed by atoms with Crippen LogP contribution in [0.3, 0.4) is 0 Å². The summed E-state index contributed by atoms with van der Waals surface area (Å²) in [7, 11) is 0. The van der Waals surface area contributed by atoms with Crippen LogP contribution < -0.4 is 4.90 Å². The first-order valence-corrected chi connectivity index (χ1v) is 7.11. The Balaban J connectivity index is 2.01. The molecule has 0 saturated carbocycles. The number of nitrogens with zero attached hydrogens (tertiary/aromatic N) is 2. The maximum atomic E-state index is 10.1. The fourth-order valence-electron chi connectivity index (χ4n) is 2.78. The van der Waals surface area contributed by atoms with Crippen molar-refractivity contribution >= 4 is 16.7 Å². The molecule has 1 saturated heterocycles. The van der Waals surface area contributed by atoms with Gasteiger partial charge in [0.25, 0.3) is 0 Å². The molecule has 0 spiro atoms. The van der Waals surface area contributed by atoms with E-state index in [1.165, 1.54) is 0 Å². The fourth-order valence-corrected chi connectivity index (χ4v) is 2.78. The molecule has 1 aliphatic heterocycles. The van der Waals surface area contributed by atoms with Gasteiger partial charge in [0.2, 0.25) is 0 Å². The molecule has 106 valence electrons. The van der Waals surface area contributed by atoms with E-state index in [9.17, 15) is 10.2 Å². The van der Waals surface area contributed by atoms with E-state index in [0.717, 1.165) is 35.2 Å². The zero-order valence-corrected chi connectivity index (χ0v) is 11.7. The minimum Gasteiger partial charge on any atom is -0.392 e. The quantitative estimate of drug-likeness (QED) is 0.877. The van der Waals surface area contributed by atoms with Crippen LogP contribution in [-0.4, -0.2) is 34.4 Å². The van der Waals surface area contributed by atoms with Crippen LogP contribution in [0.2, 0.25) is 0 Å². The van der Waals surface area contributed by atoms with Crippen molar-refractivity contribution in [1.82, 2.24) is 4.98 Å². The Bertz CT molecular complexity index is 614. The van der Waals surface area contributed by atoms with Crippen LogP contribution in [0.25, 0.3) is 10.9 Å². The summed E-state index contributed by atoms with van der Waals surface area (Å²) in [6.45, 7) is 3.49. The average Bonchev–Trinajstić information content (AvgIpc) is 2.48. The van der Waals surface area contributed by atoms with Crippen molar-refractivity contribution in [3.63, 3.8) is 0 Å². The number of benzene rings is 1. The second-order valence-electron chi connectivity index (χ2n) is 5.60. The average molecular weight is 272 g/mol. The summed E-state index contributed by atoms with van der Waals surface area (Å²) in [4.78, 5) is 6.77. The van der Waals surface area contributed by atoms with Crippen LogP contribution in [0.15, 0.2) is 30.3 Å². The van der Waals surface area contributed by atoms with E-state index in [2.05, 4.69) is 16.8 Å². The number of hydrogen-bond acceptors (Lipinski definition) is 4. The van der Waals surface area contributed by atoms with Crippen LogP contribution in [0.1, 0.15) is 18.9 Å². The van der Waals surface area contributed by atoms with Gasteiger partial charge in [-0.1, -0.05) is 25.1 Å². The zero-order chi connectivity index (χ0) is 14.1. The molecule has 2 unspecified atom stereocenters. The van der Waals surface area contributed by atoms with Crippen LogP contribution in [0, 0.1) is 5.92 Å². The lowest BCUT2D eigenvalue weighted by Gasteiger charge is -2.36. The molecule has 2 aromatic rings. The first kappa shape index (κ1) is 13.3. The Morgan fingerprint density at radius 2 is 2.15 bits per heavy atom.